The fourth-order valence-electron chi connectivity index (χ4n) is 2.11. The molecule has 22 heavy (non-hydrogen) atoms. The Hall–Kier alpha value is -2.38. The molecule has 0 atom stereocenters. The lowest BCUT2D eigenvalue weighted by molar-refractivity contribution is 1.11. The van der Waals surface area contributed by atoms with Gasteiger partial charge < -0.3 is 11.5 Å². The number of nitrogens with zero attached hydrogens (tertiary/aromatic N) is 4. The molecule has 0 radical (unpaired) electrons. The summed E-state index contributed by atoms with van der Waals surface area (Å²) in [4.78, 5) is 5.55. The van der Waals surface area contributed by atoms with Gasteiger partial charge in [-0.3, -0.25) is 4.40 Å². The molecular weight excluding hydrogens is 320 g/mol. The van der Waals surface area contributed by atoms with Crippen molar-refractivity contribution in [1.82, 2.24) is 9.38 Å². The van der Waals surface area contributed by atoms with Crippen molar-refractivity contribution < 1.29 is 0 Å². The van der Waals surface area contributed by atoms with Crippen LogP contribution < -0.4 is 11.5 Å². The van der Waals surface area contributed by atoms with Crippen LogP contribution in [0.4, 0.5) is 0 Å². The number of guanidine groups is 1. The number of hydrogen-bond donors (Lipinski definition) is 2. The number of halogens is 1. The molecule has 0 unspecified atom stereocenters. The van der Waals surface area contributed by atoms with Crippen molar-refractivity contribution in [3.8, 4) is 11.3 Å². The first-order chi connectivity index (χ1) is 10.6. The van der Waals surface area contributed by atoms with Crippen LogP contribution in [0.15, 0.2) is 39.8 Å². The summed E-state index contributed by atoms with van der Waals surface area (Å²) in [5, 5.41) is 10.3. The maximum atomic E-state index is 5.94. The van der Waals surface area contributed by atoms with Gasteiger partial charge in [0.05, 0.1) is 17.6 Å². The van der Waals surface area contributed by atoms with E-state index in [0.29, 0.717) is 5.02 Å². The van der Waals surface area contributed by atoms with Crippen molar-refractivity contribution >= 4 is 40.1 Å². The first-order valence-corrected chi connectivity index (χ1v) is 7.66. The summed E-state index contributed by atoms with van der Waals surface area (Å²) in [5.41, 5.74) is 14.2. The lowest BCUT2D eigenvalue weighted by Crippen LogP contribution is -2.21. The van der Waals surface area contributed by atoms with Crippen molar-refractivity contribution in [2.24, 2.45) is 21.7 Å². The molecule has 0 amide bonds. The van der Waals surface area contributed by atoms with Crippen LogP contribution in [0.5, 0.6) is 0 Å². The molecule has 6 nitrogen and oxygen atoms in total. The number of benzene rings is 1. The second kappa shape index (κ2) is 5.78. The molecule has 1 aromatic carbocycles. The molecule has 112 valence electrons. The van der Waals surface area contributed by atoms with E-state index in [4.69, 9.17) is 23.1 Å². The van der Waals surface area contributed by atoms with Gasteiger partial charge in [0.25, 0.3) is 0 Å². The van der Waals surface area contributed by atoms with Crippen molar-refractivity contribution in [2.75, 3.05) is 0 Å². The summed E-state index contributed by atoms with van der Waals surface area (Å²) in [6, 6.07) is 7.49. The van der Waals surface area contributed by atoms with E-state index in [-0.39, 0.29) is 5.96 Å². The molecule has 4 N–H and O–H groups in total. The summed E-state index contributed by atoms with van der Waals surface area (Å²) < 4.78 is 2.01. The predicted molar refractivity (Wildman–Crippen MR) is 91.7 cm³/mol. The smallest absolute Gasteiger partial charge is 0.211 e. The highest BCUT2D eigenvalue weighted by molar-refractivity contribution is 7.15. The molecule has 0 aliphatic carbocycles. The van der Waals surface area contributed by atoms with Crippen LogP contribution in [0.25, 0.3) is 16.2 Å². The minimum absolute atomic E-state index is 0.0907. The topological polar surface area (TPSA) is 94.1 Å². The number of imidazole rings is 1. The Labute approximate surface area is 135 Å². The van der Waals surface area contributed by atoms with Crippen molar-refractivity contribution in [3.63, 3.8) is 0 Å². The van der Waals surface area contributed by atoms with Gasteiger partial charge in [-0.15, -0.1) is 16.4 Å². The molecule has 0 bridgehead atoms. The highest BCUT2D eigenvalue weighted by Gasteiger charge is 2.15. The fourth-order valence-corrected chi connectivity index (χ4v) is 3.11. The number of nitrogens with two attached hydrogens (primary N) is 2. The first kappa shape index (κ1) is 14.6. The maximum absolute atomic E-state index is 5.94. The minimum atomic E-state index is -0.0907. The number of aryl methyl sites for hydroxylation is 1. The largest absolute Gasteiger partial charge is 0.369 e. The molecule has 2 aromatic heterocycles. The Bertz CT molecular complexity index is 871. The van der Waals surface area contributed by atoms with Gasteiger partial charge in [-0.25, -0.2) is 4.98 Å². The average molecular weight is 333 g/mol. The zero-order chi connectivity index (χ0) is 15.7. The Morgan fingerprint density at radius 2 is 2.05 bits per heavy atom. The molecule has 3 rings (SSSR count). The lowest BCUT2D eigenvalue weighted by atomic mass is 10.1. The summed E-state index contributed by atoms with van der Waals surface area (Å²) in [5.74, 6) is -0.0907. The van der Waals surface area contributed by atoms with Gasteiger partial charge in [-0.1, -0.05) is 23.7 Å². The molecule has 8 heteroatoms. The lowest BCUT2D eigenvalue weighted by Gasteiger charge is -2.00. The first-order valence-electron chi connectivity index (χ1n) is 6.40. The van der Waals surface area contributed by atoms with Crippen molar-refractivity contribution in [1.29, 1.82) is 0 Å². The van der Waals surface area contributed by atoms with Crippen LogP contribution >= 0.6 is 22.9 Å². The molecule has 0 aliphatic rings. The standard InChI is InChI=1S/C14H13ClN6S/c1-8-7-22-14-19-12(9-2-4-10(15)5-3-9)11(21(8)14)6-18-20-13(16)17/h2-7H,1H3,(H4,16,17,20)/b18-6+. The fraction of sp³-hybridized carbons (Fsp3) is 0.0714. The van der Waals surface area contributed by atoms with E-state index in [1.165, 1.54) is 0 Å². The molecule has 0 fully saturated rings. The number of hydrogen-bond acceptors (Lipinski definition) is 4. The van der Waals surface area contributed by atoms with Gasteiger partial charge in [-0.05, 0) is 19.1 Å². The third kappa shape index (κ3) is 2.68. The van der Waals surface area contributed by atoms with E-state index >= 15 is 0 Å². The SMILES string of the molecule is Cc1csc2nc(-c3ccc(Cl)cc3)c(/C=N/N=C(N)N)n12. The molecule has 0 aliphatic heterocycles. The number of fused-ring (bicyclic) bond motifs is 1. The number of rotatable bonds is 3. The van der Waals surface area contributed by atoms with Crippen molar-refractivity contribution in [2.45, 2.75) is 6.92 Å². The van der Waals surface area contributed by atoms with E-state index in [0.717, 1.165) is 27.6 Å². The van der Waals surface area contributed by atoms with Crippen LogP contribution in [0.2, 0.25) is 5.02 Å². The maximum Gasteiger partial charge on any atom is 0.211 e. The van der Waals surface area contributed by atoms with Crippen LogP contribution in [0, 0.1) is 6.92 Å². The summed E-state index contributed by atoms with van der Waals surface area (Å²) >= 11 is 7.51. The molecule has 2 heterocycles. The summed E-state index contributed by atoms with van der Waals surface area (Å²) in [6.45, 7) is 2.01. The monoisotopic (exact) mass is 332 g/mol. The van der Waals surface area contributed by atoms with Gasteiger partial charge >= 0.3 is 0 Å². The second-order valence-corrected chi connectivity index (χ2v) is 5.89. The van der Waals surface area contributed by atoms with E-state index in [1.807, 2.05) is 41.0 Å². The molecule has 0 saturated heterocycles. The molecule has 0 spiro atoms. The van der Waals surface area contributed by atoms with Crippen LogP contribution in [0.1, 0.15) is 11.4 Å². The van der Waals surface area contributed by atoms with E-state index in [2.05, 4.69) is 15.2 Å². The Morgan fingerprint density at radius 1 is 1.32 bits per heavy atom. The predicted octanol–water partition coefficient (Wildman–Crippen LogP) is 2.63. The van der Waals surface area contributed by atoms with E-state index in [9.17, 15) is 0 Å². The second-order valence-electron chi connectivity index (χ2n) is 4.62. The Kier molecular flexibility index (Phi) is 3.82. The Morgan fingerprint density at radius 3 is 2.73 bits per heavy atom. The normalized spacial score (nSPS) is 11.4. The van der Waals surface area contributed by atoms with Crippen LogP contribution in [-0.2, 0) is 0 Å². The third-order valence-corrected chi connectivity index (χ3v) is 4.24. The van der Waals surface area contributed by atoms with Crippen molar-refractivity contribution in [3.05, 3.63) is 46.1 Å². The minimum Gasteiger partial charge on any atom is -0.369 e. The van der Waals surface area contributed by atoms with Crippen LogP contribution in [-0.4, -0.2) is 21.6 Å². The molecule has 0 saturated carbocycles. The van der Waals surface area contributed by atoms with Gasteiger partial charge in [0.1, 0.15) is 0 Å². The summed E-state index contributed by atoms with van der Waals surface area (Å²) in [6.07, 6.45) is 1.60. The highest BCUT2D eigenvalue weighted by Crippen LogP contribution is 2.28. The van der Waals surface area contributed by atoms with Gasteiger partial charge in [0, 0.05) is 21.7 Å². The molecular formula is C14H13ClN6S. The summed E-state index contributed by atoms with van der Waals surface area (Å²) in [7, 11) is 0. The number of thiazole rings is 1. The van der Waals surface area contributed by atoms with E-state index in [1.54, 1.807) is 17.6 Å². The zero-order valence-corrected chi connectivity index (χ0v) is 13.3. The van der Waals surface area contributed by atoms with Gasteiger partial charge in [0.2, 0.25) is 5.96 Å². The molecule has 3 aromatic rings. The van der Waals surface area contributed by atoms with Gasteiger partial charge in [0.15, 0.2) is 4.96 Å². The van der Waals surface area contributed by atoms with E-state index < -0.39 is 0 Å². The quantitative estimate of drug-likeness (QED) is 0.438. The van der Waals surface area contributed by atoms with Crippen LogP contribution in [0.3, 0.4) is 0 Å². The zero-order valence-electron chi connectivity index (χ0n) is 11.7. The third-order valence-electron chi connectivity index (χ3n) is 3.04. The average Bonchev–Trinajstić information content (AvgIpc) is 3.01. The highest BCUT2D eigenvalue weighted by atomic mass is 35.5. The Balaban J connectivity index is 2.19. The van der Waals surface area contributed by atoms with Gasteiger partial charge in [-0.2, -0.15) is 5.10 Å². The number of aromatic nitrogens is 2.